The number of carbonyl (C=O) groups is 3. The molecule has 0 fully saturated rings. The van der Waals surface area contributed by atoms with Crippen molar-refractivity contribution in [3.8, 4) is 0 Å². The van der Waals surface area contributed by atoms with Gasteiger partial charge in [0.2, 0.25) is 0 Å². The maximum absolute atomic E-state index is 12.8. The molecular formula is C59H100O6. The molecule has 0 saturated carbocycles. The predicted molar refractivity (Wildman–Crippen MR) is 279 cm³/mol. The Labute approximate surface area is 401 Å². The van der Waals surface area contributed by atoms with Crippen LogP contribution in [0.1, 0.15) is 252 Å². The van der Waals surface area contributed by atoms with E-state index in [9.17, 15) is 14.4 Å². The normalized spacial score (nSPS) is 12.7. The van der Waals surface area contributed by atoms with Crippen LogP contribution in [0.2, 0.25) is 0 Å². The minimum absolute atomic E-state index is 0.0884. The Balaban J connectivity index is 4.46. The summed E-state index contributed by atoms with van der Waals surface area (Å²) in [4.78, 5) is 38.1. The summed E-state index contributed by atoms with van der Waals surface area (Å²) in [7, 11) is 0. The fraction of sp³-hybridized carbons (Fsp3) is 0.712. The largest absolute Gasteiger partial charge is 0.462 e. The van der Waals surface area contributed by atoms with Gasteiger partial charge in [-0.3, -0.25) is 14.4 Å². The van der Waals surface area contributed by atoms with Crippen molar-refractivity contribution in [1.82, 2.24) is 0 Å². The quantitative estimate of drug-likeness (QED) is 0.0262. The molecule has 0 aromatic heterocycles. The van der Waals surface area contributed by atoms with Gasteiger partial charge in [-0.1, -0.05) is 254 Å². The monoisotopic (exact) mass is 905 g/mol. The minimum atomic E-state index is -0.792. The molecule has 1 unspecified atom stereocenters. The highest BCUT2D eigenvalue weighted by Gasteiger charge is 2.19. The predicted octanol–water partition coefficient (Wildman–Crippen LogP) is 18.0. The van der Waals surface area contributed by atoms with Gasteiger partial charge in [-0.25, -0.2) is 0 Å². The minimum Gasteiger partial charge on any atom is -0.462 e. The first-order valence-electron chi connectivity index (χ1n) is 27.2. The lowest BCUT2D eigenvalue weighted by Gasteiger charge is -2.18. The first-order valence-corrected chi connectivity index (χ1v) is 27.2. The van der Waals surface area contributed by atoms with E-state index >= 15 is 0 Å². The summed E-state index contributed by atoms with van der Waals surface area (Å²) in [6.07, 6.45) is 68.4. The van der Waals surface area contributed by atoms with E-state index in [0.29, 0.717) is 19.3 Å². The topological polar surface area (TPSA) is 78.9 Å². The molecule has 65 heavy (non-hydrogen) atoms. The Hall–Kier alpha value is -3.41. The van der Waals surface area contributed by atoms with Crippen LogP contribution in [0.4, 0.5) is 0 Å². The molecule has 0 aliphatic carbocycles. The van der Waals surface area contributed by atoms with Gasteiger partial charge < -0.3 is 14.2 Å². The third-order valence-electron chi connectivity index (χ3n) is 11.5. The Morgan fingerprint density at radius 1 is 0.308 bits per heavy atom. The summed E-state index contributed by atoms with van der Waals surface area (Å²) in [5.41, 5.74) is 0. The summed E-state index contributed by atoms with van der Waals surface area (Å²) in [6, 6.07) is 0. The number of allylic oxidation sites excluding steroid dienone is 14. The molecule has 0 radical (unpaired) electrons. The van der Waals surface area contributed by atoms with Crippen LogP contribution in [0, 0.1) is 0 Å². The van der Waals surface area contributed by atoms with Gasteiger partial charge in [-0.15, -0.1) is 0 Å². The zero-order valence-corrected chi connectivity index (χ0v) is 42.5. The molecule has 0 aliphatic heterocycles. The molecular weight excluding hydrogens is 805 g/mol. The maximum Gasteiger partial charge on any atom is 0.306 e. The third kappa shape index (κ3) is 51.4. The van der Waals surface area contributed by atoms with Crippen LogP contribution in [0.15, 0.2) is 85.1 Å². The molecule has 0 rings (SSSR count). The van der Waals surface area contributed by atoms with Crippen molar-refractivity contribution >= 4 is 17.9 Å². The molecule has 0 aliphatic rings. The Kier molecular flexibility index (Phi) is 50.4. The Bertz CT molecular complexity index is 1270. The molecule has 0 amide bonds. The second kappa shape index (κ2) is 53.2. The van der Waals surface area contributed by atoms with Crippen molar-refractivity contribution in [2.75, 3.05) is 13.2 Å². The van der Waals surface area contributed by atoms with E-state index in [1.54, 1.807) is 0 Å². The highest BCUT2D eigenvalue weighted by Crippen LogP contribution is 2.15. The van der Waals surface area contributed by atoms with E-state index in [-0.39, 0.29) is 31.1 Å². The fourth-order valence-corrected chi connectivity index (χ4v) is 7.40. The summed E-state index contributed by atoms with van der Waals surface area (Å²) >= 11 is 0. The number of hydrogen-bond donors (Lipinski definition) is 0. The standard InChI is InChI=1S/C59H100O6/c1-4-7-10-13-16-19-22-25-28-29-30-32-34-37-40-43-46-49-52-58(61)64-55-56(54-63-57(60)51-48-45-42-39-36-33-27-24-21-18-15-12-9-6-3)65-59(62)53-50-47-44-41-38-35-31-26-23-20-17-14-11-8-5-2/h10,13,16-17,19-20,22-23,25-26,28-30,32,56H,4-9,11-12,14-15,18,21,24,27,31,33-55H2,1-3H3/b13-10-,19-16-,20-17-,25-22-,26-23-,29-28-,32-30-. The first kappa shape index (κ1) is 61.6. The number of carbonyl (C=O) groups excluding carboxylic acids is 3. The van der Waals surface area contributed by atoms with Gasteiger partial charge in [0.15, 0.2) is 6.10 Å². The zero-order chi connectivity index (χ0) is 47.2. The average molecular weight is 905 g/mol. The van der Waals surface area contributed by atoms with E-state index < -0.39 is 6.10 Å². The van der Waals surface area contributed by atoms with Crippen LogP contribution in [0.25, 0.3) is 0 Å². The lowest BCUT2D eigenvalue weighted by atomic mass is 10.0. The van der Waals surface area contributed by atoms with Crippen molar-refractivity contribution < 1.29 is 28.6 Å². The van der Waals surface area contributed by atoms with Gasteiger partial charge in [0.1, 0.15) is 13.2 Å². The van der Waals surface area contributed by atoms with Crippen molar-refractivity contribution in [3.63, 3.8) is 0 Å². The SMILES string of the molecule is CCC\C=C/C=C\C=C/C=C\C=C/CCCCCCCC(=O)OCC(COC(=O)CCCCCCCCCCCCCCCC)OC(=O)CCCCCCCC/C=C\C=C/CCCCC. The summed E-state index contributed by atoms with van der Waals surface area (Å²) in [5, 5.41) is 0. The first-order chi connectivity index (χ1) is 32.0. The number of ether oxygens (including phenoxy) is 3. The molecule has 6 heteroatoms. The van der Waals surface area contributed by atoms with E-state index in [2.05, 4.69) is 81.5 Å². The van der Waals surface area contributed by atoms with Crippen LogP contribution < -0.4 is 0 Å². The zero-order valence-electron chi connectivity index (χ0n) is 42.5. The summed E-state index contributed by atoms with van der Waals surface area (Å²) in [6.45, 7) is 6.50. The van der Waals surface area contributed by atoms with Gasteiger partial charge in [0, 0.05) is 19.3 Å². The molecule has 0 heterocycles. The number of rotatable bonds is 48. The van der Waals surface area contributed by atoms with Crippen LogP contribution >= 0.6 is 0 Å². The van der Waals surface area contributed by atoms with Crippen molar-refractivity contribution in [1.29, 1.82) is 0 Å². The number of esters is 3. The molecule has 0 aromatic carbocycles. The summed E-state index contributed by atoms with van der Waals surface area (Å²) < 4.78 is 16.8. The van der Waals surface area contributed by atoms with Gasteiger partial charge in [0.25, 0.3) is 0 Å². The highest BCUT2D eigenvalue weighted by molar-refractivity contribution is 5.71. The number of unbranched alkanes of at least 4 members (excludes halogenated alkanes) is 28. The van der Waals surface area contributed by atoms with Crippen molar-refractivity contribution in [2.45, 2.75) is 258 Å². The molecule has 1 atom stereocenters. The maximum atomic E-state index is 12.8. The summed E-state index contributed by atoms with van der Waals surface area (Å²) in [5.74, 6) is -0.922. The van der Waals surface area contributed by atoms with Gasteiger partial charge in [-0.2, -0.15) is 0 Å². The molecule has 6 nitrogen and oxygen atoms in total. The van der Waals surface area contributed by atoms with Gasteiger partial charge in [0.05, 0.1) is 0 Å². The van der Waals surface area contributed by atoms with Crippen LogP contribution in [-0.2, 0) is 28.6 Å². The lowest BCUT2D eigenvalue weighted by molar-refractivity contribution is -0.167. The Morgan fingerprint density at radius 2 is 0.585 bits per heavy atom. The molecule has 372 valence electrons. The second-order valence-corrected chi connectivity index (χ2v) is 17.9. The van der Waals surface area contributed by atoms with Crippen LogP contribution in [0.3, 0.4) is 0 Å². The molecule has 0 N–H and O–H groups in total. The second-order valence-electron chi connectivity index (χ2n) is 17.9. The molecule has 0 bridgehead atoms. The van der Waals surface area contributed by atoms with E-state index in [0.717, 1.165) is 96.3 Å². The van der Waals surface area contributed by atoms with Crippen molar-refractivity contribution in [3.05, 3.63) is 85.1 Å². The van der Waals surface area contributed by atoms with E-state index in [1.165, 1.54) is 116 Å². The molecule has 0 spiro atoms. The van der Waals surface area contributed by atoms with Gasteiger partial charge in [-0.05, 0) is 64.2 Å². The van der Waals surface area contributed by atoms with Gasteiger partial charge >= 0.3 is 17.9 Å². The Morgan fingerprint density at radius 3 is 0.969 bits per heavy atom. The van der Waals surface area contributed by atoms with Crippen LogP contribution in [0.5, 0.6) is 0 Å². The van der Waals surface area contributed by atoms with Crippen molar-refractivity contribution in [2.24, 2.45) is 0 Å². The molecule has 0 saturated heterocycles. The highest BCUT2D eigenvalue weighted by atomic mass is 16.6. The number of hydrogen-bond acceptors (Lipinski definition) is 6. The smallest absolute Gasteiger partial charge is 0.306 e. The third-order valence-corrected chi connectivity index (χ3v) is 11.5. The fourth-order valence-electron chi connectivity index (χ4n) is 7.40. The van der Waals surface area contributed by atoms with E-state index in [4.69, 9.17) is 14.2 Å². The average Bonchev–Trinajstić information content (AvgIpc) is 3.30. The van der Waals surface area contributed by atoms with Crippen LogP contribution in [-0.4, -0.2) is 37.2 Å². The lowest BCUT2D eigenvalue weighted by Crippen LogP contribution is -2.30. The van der Waals surface area contributed by atoms with E-state index in [1.807, 2.05) is 24.3 Å². The molecule has 0 aromatic rings.